The van der Waals surface area contributed by atoms with Gasteiger partial charge in [0.1, 0.15) is 24.4 Å². The van der Waals surface area contributed by atoms with Crippen molar-refractivity contribution in [3.8, 4) is 5.75 Å². The normalized spacial score (nSPS) is 23.9. The summed E-state index contributed by atoms with van der Waals surface area (Å²) in [4.78, 5) is 4.80. The molecule has 2 aromatic carbocycles. The Bertz CT molecular complexity index is 945. The fourth-order valence-corrected chi connectivity index (χ4v) is 3.92. The summed E-state index contributed by atoms with van der Waals surface area (Å²) in [5, 5.41) is 38.9. The first kappa shape index (κ1) is 31.8. The number of aliphatic hydroxyl groups is 4. The number of aliphatic hydroxyl groups excluding tert-OH is 4. The van der Waals surface area contributed by atoms with E-state index >= 15 is 0 Å². The molecule has 4 N–H and O–H groups in total. The summed E-state index contributed by atoms with van der Waals surface area (Å²) in [7, 11) is 4.49. The first-order valence-corrected chi connectivity index (χ1v) is 14.1. The number of benzene rings is 2. The third-order valence-corrected chi connectivity index (χ3v) is 5.97. The second-order valence-electron chi connectivity index (χ2n) is 9.25. The molecule has 0 spiro atoms. The Morgan fingerprint density at radius 1 is 1.00 bits per heavy atom. The number of hydrogen-bond donors (Lipinski definition) is 4. The molecular formula is C27H36ClNO7Pd. The van der Waals surface area contributed by atoms with Crippen molar-refractivity contribution in [2.24, 2.45) is 4.99 Å². The summed E-state index contributed by atoms with van der Waals surface area (Å²) in [6.45, 7) is 8.38. The van der Waals surface area contributed by atoms with Crippen LogP contribution in [-0.4, -0.2) is 77.2 Å². The topological polar surface area (TPSA) is 121 Å². The van der Waals surface area contributed by atoms with E-state index in [-0.39, 0.29) is 13.2 Å². The molecule has 0 aliphatic carbocycles. The Morgan fingerprint density at radius 2 is 1.65 bits per heavy atom. The number of nitrogens with zero attached hydrogens (tertiary/aromatic N) is 1. The molecule has 1 fully saturated rings. The maximum absolute atomic E-state index is 10.00. The van der Waals surface area contributed by atoms with E-state index in [0.717, 1.165) is 11.3 Å². The molecule has 0 radical (unpaired) electrons. The number of hydrogen-bond acceptors (Lipinski definition) is 8. The number of halogens is 1. The predicted octanol–water partition coefficient (Wildman–Crippen LogP) is 3.37. The molecule has 2 aromatic rings. The first-order chi connectivity index (χ1) is 17.7. The van der Waals surface area contributed by atoms with Gasteiger partial charge >= 0.3 is 27.7 Å². The van der Waals surface area contributed by atoms with Gasteiger partial charge in [0.05, 0.1) is 25.5 Å². The SMILES string of the molecule is CC(C)c1cccc(C(C)C)c1N=Cc1[c-]cc(OCCO[C@H]2OC(CO)[C@H](O)C(O)[C@H]2O)cc1.[Cl][Pd+]. The van der Waals surface area contributed by atoms with Gasteiger partial charge in [0.2, 0.25) is 0 Å². The average Bonchev–Trinajstić information content (AvgIpc) is 2.91. The summed E-state index contributed by atoms with van der Waals surface area (Å²) < 4.78 is 16.4. The molecule has 1 saturated heterocycles. The van der Waals surface area contributed by atoms with Gasteiger partial charge in [-0.25, -0.2) is 0 Å². The van der Waals surface area contributed by atoms with Gasteiger partial charge in [-0.2, -0.15) is 0 Å². The predicted molar refractivity (Wildman–Crippen MR) is 138 cm³/mol. The van der Waals surface area contributed by atoms with Crippen LogP contribution in [0.2, 0.25) is 0 Å². The van der Waals surface area contributed by atoms with E-state index in [1.54, 1.807) is 12.3 Å². The fraction of sp³-hybridized carbons (Fsp3) is 0.519. The van der Waals surface area contributed by atoms with Gasteiger partial charge in [-0.05, 0) is 29.2 Å². The Morgan fingerprint density at radius 3 is 2.19 bits per heavy atom. The third-order valence-electron chi connectivity index (χ3n) is 5.97. The molecule has 1 aliphatic heterocycles. The van der Waals surface area contributed by atoms with Crippen molar-refractivity contribution in [3.05, 3.63) is 59.2 Å². The molecule has 0 amide bonds. The quantitative estimate of drug-likeness (QED) is 0.138. The van der Waals surface area contributed by atoms with Crippen molar-refractivity contribution in [2.75, 3.05) is 19.8 Å². The van der Waals surface area contributed by atoms with Crippen molar-refractivity contribution in [3.63, 3.8) is 0 Å². The molecule has 3 rings (SSSR count). The Labute approximate surface area is 233 Å². The van der Waals surface area contributed by atoms with Crippen LogP contribution in [0.15, 0.2) is 41.4 Å². The Kier molecular flexibility index (Phi) is 13.7. The number of rotatable bonds is 10. The molecule has 2 unspecified atom stereocenters. The van der Waals surface area contributed by atoms with Crippen molar-refractivity contribution in [1.82, 2.24) is 0 Å². The molecule has 8 nitrogen and oxygen atoms in total. The van der Waals surface area contributed by atoms with Gasteiger partial charge in [0.15, 0.2) is 6.29 Å². The molecule has 0 aromatic heterocycles. The van der Waals surface area contributed by atoms with E-state index in [4.69, 9.17) is 19.2 Å². The van der Waals surface area contributed by atoms with Crippen LogP contribution in [0.3, 0.4) is 0 Å². The van der Waals surface area contributed by atoms with Crippen LogP contribution >= 0.6 is 9.53 Å². The molecule has 1 heterocycles. The Balaban J connectivity index is 0.00000235. The van der Waals surface area contributed by atoms with Crippen LogP contribution in [-0.2, 0) is 27.7 Å². The molecular weight excluding hydrogens is 592 g/mol. The van der Waals surface area contributed by atoms with Gasteiger partial charge in [-0.1, -0.05) is 45.9 Å². The van der Waals surface area contributed by atoms with E-state index in [1.165, 1.54) is 11.1 Å². The second-order valence-corrected chi connectivity index (χ2v) is 9.25. The van der Waals surface area contributed by atoms with E-state index < -0.39 is 37.3 Å². The molecule has 10 heteroatoms. The fourth-order valence-electron chi connectivity index (χ4n) is 3.92. The monoisotopic (exact) mass is 627 g/mol. The average molecular weight is 628 g/mol. The summed E-state index contributed by atoms with van der Waals surface area (Å²) in [5.74, 6) is 1.32. The standard InChI is InChI=1S/C27H36NO7.ClH.Pd/c1-16(2)20-6-5-7-21(17(3)4)23(20)28-14-18-8-10-19(11-9-18)33-12-13-34-27-26(32)25(31)24(30)22(15-29)35-27;;/h5-8,10-11,14,16-17,22,24-27,29-32H,12-13,15H2,1-4H3;1H;/q-1;;+2/p-1/t22?,24-,25?,26+,27-;;/m0../s1. The number of aliphatic imine (C=N–C) groups is 1. The van der Waals surface area contributed by atoms with Gasteiger partial charge < -0.3 is 39.6 Å². The molecule has 0 saturated carbocycles. The van der Waals surface area contributed by atoms with Crippen molar-refractivity contribution >= 4 is 21.4 Å². The minimum absolute atomic E-state index is 0.0653. The summed E-state index contributed by atoms with van der Waals surface area (Å²) >= 11 is 2.22. The molecule has 1 aliphatic rings. The zero-order chi connectivity index (χ0) is 27.5. The van der Waals surface area contributed by atoms with E-state index in [2.05, 4.69) is 79.7 Å². The summed E-state index contributed by atoms with van der Waals surface area (Å²) in [6, 6.07) is 14.9. The van der Waals surface area contributed by atoms with Gasteiger partial charge in [-0.15, -0.1) is 29.8 Å². The van der Waals surface area contributed by atoms with Gasteiger partial charge in [0.25, 0.3) is 0 Å². The van der Waals surface area contributed by atoms with E-state index in [1.807, 2.05) is 12.1 Å². The van der Waals surface area contributed by atoms with Crippen LogP contribution in [0, 0.1) is 6.07 Å². The van der Waals surface area contributed by atoms with Crippen LogP contribution in [0.5, 0.6) is 5.75 Å². The first-order valence-electron chi connectivity index (χ1n) is 12.1. The van der Waals surface area contributed by atoms with E-state index in [0.29, 0.717) is 17.6 Å². The maximum atomic E-state index is 10.00. The van der Waals surface area contributed by atoms with Crippen LogP contribution < -0.4 is 4.74 Å². The number of para-hydroxylation sites is 1. The van der Waals surface area contributed by atoms with Crippen molar-refractivity contribution < 1.29 is 52.8 Å². The van der Waals surface area contributed by atoms with Crippen molar-refractivity contribution in [2.45, 2.75) is 70.2 Å². The summed E-state index contributed by atoms with van der Waals surface area (Å²) in [5.41, 5.74) is 4.26. The van der Waals surface area contributed by atoms with Crippen LogP contribution in [0.4, 0.5) is 5.69 Å². The Hall–Kier alpha value is -1.38. The third kappa shape index (κ3) is 8.82. The van der Waals surface area contributed by atoms with Crippen LogP contribution in [0.25, 0.3) is 0 Å². The zero-order valence-electron chi connectivity index (χ0n) is 21.4. The summed E-state index contributed by atoms with van der Waals surface area (Å²) in [6.07, 6.45) is -4.70. The molecule has 5 atom stereocenters. The molecule has 208 valence electrons. The van der Waals surface area contributed by atoms with Gasteiger partial charge in [-0.3, -0.25) is 0 Å². The zero-order valence-corrected chi connectivity index (χ0v) is 23.7. The van der Waals surface area contributed by atoms with E-state index in [9.17, 15) is 20.4 Å². The van der Waals surface area contributed by atoms with Gasteiger partial charge in [0, 0.05) is 5.75 Å². The van der Waals surface area contributed by atoms with Crippen LogP contribution in [0.1, 0.15) is 56.2 Å². The molecule has 0 bridgehead atoms. The second kappa shape index (κ2) is 15.9. The van der Waals surface area contributed by atoms with Crippen molar-refractivity contribution in [1.29, 1.82) is 0 Å². The minimum atomic E-state index is -1.47. The molecule has 37 heavy (non-hydrogen) atoms. The number of ether oxygens (including phenoxy) is 3.